The Morgan fingerprint density at radius 3 is 2.87 bits per heavy atom. The number of carbonyl (C=O) groups is 1. The largest absolute Gasteiger partial charge is 0.314 e. The third-order valence-corrected chi connectivity index (χ3v) is 2.67. The van der Waals surface area contributed by atoms with Crippen LogP contribution in [0.15, 0.2) is 27.6 Å². The van der Waals surface area contributed by atoms with Gasteiger partial charge in [0.25, 0.3) is 5.56 Å². The van der Waals surface area contributed by atoms with Gasteiger partial charge in [-0.3, -0.25) is 9.59 Å². The number of Topliss-reactive ketones (excluding diaryl/α,β-unsaturated/α-hetero) is 1. The van der Waals surface area contributed by atoms with Gasteiger partial charge in [0.15, 0.2) is 0 Å². The lowest BCUT2D eigenvalue weighted by atomic mass is 10.2. The molecule has 0 fully saturated rings. The van der Waals surface area contributed by atoms with Gasteiger partial charge in [0.05, 0.1) is 0 Å². The van der Waals surface area contributed by atoms with E-state index in [0.29, 0.717) is 19.4 Å². The number of halogens is 1. The van der Waals surface area contributed by atoms with E-state index in [-0.39, 0.29) is 11.3 Å². The number of hydrogen-bond acceptors (Lipinski definition) is 2. The topological polar surface area (TPSA) is 39.1 Å². The zero-order valence-electron chi connectivity index (χ0n) is 8.70. The first-order chi connectivity index (χ1) is 7.13. The van der Waals surface area contributed by atoms with Crippen LogP contribution >= 0.6 is 15.9 Å². The Bertz CT molecular complexity index is 398. The van der Waals surface area contributed by atoms with Crippen molar-refractivity contribution in [1.29, 1.82) is 0 Å². The molecule has 0 aliphatic rings. The number of pyridine rings is 1. The quantitative estimate of drug-likeness (QED) is 0.825. The Balaban J connectivity index is 2.54. The highest BCUT2D eigenvalue weighted by molar-refractivity contribution is 9.10. The number of carbonyl (C=O) groups excluding carboxylic acids is 1. The summed E-state index contributed by atoms with van der Waals surface area (Å²) >= 11 is 3.30. The summed E-state index contributed by atoms with van der Waals surface area (Å²) in [5.41, 5.74) is -0.0258. The number of ketones is 1. The minimum atomic E-state index is -0.0258. The van der Waals surface area contributed by atoms with E-state index in [9.17, 15) is 9.59 Å². The van der Waals surface area contributed by atoms with Crippen LogP contribution in [-0.4, -0.2) is 10.4 Å². The monoisotopic (exact) mass is 271 g/mol. The van der Waals surface area contributed by atoms with Crippen molar-refractivity contribution in [3.63, 3.8) is 0 Å². The predicted molar refractivity (Wildman–Crippen MR) is 62.9 cm³/mol. The molecule has 0 aliphatic carbocycles. The molecule has 3 nitrogen and oxygen atoms in total. The predicted octanol–water partition coefficient (Wildman–Crippen LogP) is 2.37. The summed E-state index contributed by atoms with van der Waals surface area (Å²) in [4.78, 5) is 22.4. The van der Waals surface area contributed by atoms with E-state index in [4.69, 9.17) is 0 Å². The molecule has 0 amide bonds. The molecule has 0 spiro atoms. The molecule has 82 valence electrons. The van der Waals surface area contributed by atoms with Gasteiger partial charge in [-0.1, -0.05) is 6.92 Å². The molecule has 0 N–H and O–H groups in total. The standard InChI is InChI=1S/C11H14BrNO2/c1-2-10(14)4-3-7-13-8-9(12)5-6-11(13)15/h5-6,8H,2-4,7H2,1H3. The number of rotatable bonds is 5. The number of nitrogens with zero attached hydrogens (tertiary/aromatic N) is 1. The number of aryl methyl sites for hydroxylation is 1. The Labute approximate surface area is 97.2 Å². The molecule has 0 saturated heterocycles. The summed E-state index contributed by atoms with van der Waals surface area (Å²) < 4.78 is 2.50. The molecule has 0 aliphatic heterocycles. The fourth-order valence-electron chi connectivity index (χ4n) is 1.30. The van der Waals surface area contributed by atoms with Crippen LogP contribution in [0.2, 0.25) is 0 Å². The lowest BCUT2D eigenvalue weighted by Crippen LogP contribution is -2.18. The summed E-state index contributed by atoms with van der Waals surface area (Å²) in [5.74, 6) is 0.248. The fraction of sp³-hybridized carbons (Fsp3) is 0.455. The van der Waals surface area contributed by atoms with Crippen LogP contribution in [0.1, 0.15) is 26.2 Å². The Morgan fingerprint density at radius 2 is 2.20 bits per heavy atom. The van der Waals surface area contributed by atoms with Gasteiger partial charge in [-0.15, -0.1) is 0 Å². The molecular weight excluding hydrogens is 258 g/mol. The van der Waals surface area contributed by atoms with Crippen LogP contribution in [0.3, 0.4) is 0 Å². The Morgan fingerprint density at radius 1 is 1.47 bits per heavy atom. The molecule has 1 aromatic heterocycles. The van der Waals surface area contributed by atoms with E-state index in [0.717, 1.165) is 10.9 Å². The summed E-state index contributed by atoms with van der Waals surface area (Å²) in [6.45, 7) is 2.46. The highest BCUT2D eigenvalue weighted by Crippen LogP contribution is 2.06. The van der Waals surface area contributed by atoms with Crippen LogP contribution in [-0.2, 0) is 11.3 Å². The minimum Gasteiger partial charge on any atom is -0.314 e. The lowest BCUT2D eigenvalue weighted by Gasteiger charge is -2.04. The molecule has 0 aromatic carbocycles. The molecule has 0 unspecified atom stereocenters. The molecule has 0 atom stereocenters. The van der Waals surface area contributed by atoms with Gasteiger partial charge in [0.2, 0.25) is 0 Å². The summed E-state index contributed by atoms with van der Waals surface area (Å²) in [6, 6.07) is 3.24. The van der Waals surface area contributed by atoms with Gasteiger partial charge in [0, 0.05) is 36.1 Å². The first-order valence-corrected chi connectivity index (χ1v) is 5.80. The maximum absolute atomic E-state index is 11.4. The van der Waals surface area contributed by atoms with Gasteiger partial charge in [-0.05, 0) is 28.4 Å². The SMILES string of the molecule is CCC(=O)CCCn1cc(Br)ccc1=O. The molecule has 4 heteroatoms. The second-order valence-corrected chi connectivity index (χ2v) is 4.29. The molecule has 1 rings (SSSR count). The summed E-state index contributed by atoms with van der Waals surface area (Å²) in [7, 11) is 0. The number of hydrogen-bond donors (Lipinski definition) is 0. The third kappa shape index (κ3) is 4.00. The van der Waals surface area contributed by atoms with Crippen molar-refractivity contribution < 1.29 is 4.79 Å². The zero-order valence-corrected chi connectivity index (χ0v) is 10.3. The van der Waals surface area contributed by atoms with Gasteiger partial charge < -0.3 is 4.57 Å². The average molecular weight is 272 g/mol. The van der Waals surface area contributed by atoms with E-state index in [1.165, 1.54) is 6.07 Å². The maximum atomic E-state index is 11.4. The number of aromatic nitrogens is 1. The van der Waals surface area contributed by atoms with E-state index in [1.807, 2.05) is 6.92 Å². The molecule has 0 radical (unpaired) electrons. The van der Waals surface area contributed by atoms with Crippen LogP contribution < -0.4 is 5.56 Å². The molecule has 0 bridgehead atoms. The first kappa shape index (κ1) is 12.2. The molecule has 15 heavy (non-hydrogen) atoms. The Hall–Kier alpha value is -0.900. The highest BCUT2D eigenvalue weighted by Gasteiger charge is 2.00. The highest BCUT2D eigenvalue weighted by atomic mass is 79.9. The second-order valence-electron chi connectivity index (χ2n) is 3.37. The minimum absolute atomic E-state index is 0.0258. The van der Waals surface area contributed by atoms with Crippen LogP contribution in [0.25, 0.3) is 0 Å². The van der Waals surface area contributed by atoms with E-state index in [1.54, 1.807) is 16.8 Å². The molecular formula is C11H14BrNO2. The normalized spacial score (nSPS) is 10.3. The third-order valence-electron chi connectivity index (χ3n) is 2.20. The smallest absolute Gasteiger partial charge is 0.250 e. The molecule has 1 heterocycles. The fourth-order valence-corrected chi connectivity index (χ4v) is 1.68. The lowest BCUT2D eigenvalue weighted by molar-refractivity contribution is -0.118. The maximum Gasteiger partial charge on any atom is 0.250 e. The van der Waals surface area contributed by atoms with Gasteiger partial charge in [-0.25, -0.2) is 0 Å². The van der Waals surface area contributed by atoms with Crippen LogP contribution in [0, 0.1) is 0 Å². The zero-order chi connectivity index (χ0) is 11.3. The van der Waals surface area contributed by atoms with Crippen LogP contribution in [0.5, 0.6) is 0 Å². The van der Waals surface area contributed by atoms with Gasteiger partial charge in [0.1, 0.15) is 5.78 Å². The summed E-state index contributed by atoms with van der Waals surface area (Å²) in [6.07, 6.45) is 3.60. The average Bonchev–Trinajstić information content (AvgIpc) is 2.23. The Kier molecular flexibility index (Phi) is 4.75. The van der Waals surface area contributed by atoms with E-state index >= 15 is 0 Å². The van der Waals surface area contributed by atoms with Crippen molar-refractivity contribution in [2.45, 2.75) is 32.7 Å². The second kappa shape index (κ2) is 5.85. The van der Waals surface area contributed by atoms with Crippen molar-refractivity contribution in [3.8, 4) is 0 Å². The van der Waals surface area contributed by atoms with E-state index in [2.05, 4.69) is 15.9 Å². The van der Waals surface area contributed by atoms with Gasteiger partial charge >= 0.3 is 0 Å². The molecule has 0 saturated carbocycles. The molecule has 1 aromatic rings. The van der Waals surface area contributed by atoms with Crippen molar-refractivity contribution in [2.75, 3.05) is 0 Å². The van der Waals surface area contributed by atoms with Crippen molar-refractivity contribution in [2.24, 2.45) is 0 Å². The van der Waals surface area contributed by atoms with Gasteiger partial charge in [-0.2, -0.15) is 0 Å². The van der Waals surface area contributed by atoms with E-state index < -0.39 is 0 Å². The van der Waals surface area contributed by atoms with Crippen molar-refractivity contribution >= 4 is 21.7 Å². The van der Waals surface area contributed by atoms with Crippen LogP contribution in [0.4, 0.5) is 0 Å². The van der Waals surface area contributed by atoms with Crippen molar-refractivity contribution in [3.05, 3.63) is 33.2 Å². The summed E-state index contributed by atoms with van der Waals surface area (Å²) in [5, 5.41) is 0. The first-order valence-electron chi connectivity index (χ1n) is 5.01. The van der Waals surface area contributed by atoms with Crippen molar-refractivity contribution in [1.82, 2.24) is 4.57 Å².